The van der Waals surface area contributed by atoms with Crippen molar-refractivity contribution in [1.29, 1.82) is 0 Å². The molecule has 1 heterocycles. The largest absolute Gasteiger partial charge is 0.465 e. The van der Waals surface area contributed by atoms with Crippen LogP contribution < -0.4 is 16.0 Å². The molecule has 1 aromatic rings. The minimum atomic E-state index is -1.09. The molecule has 0 radical (unpaired) electrons. The molecule has 1 aliphatic rings. The summed E-state index contributed by atoms with van der Waals surface area (Å²) in [5, 5.41) is 18.0. The lowest BCUT2D eigenvalue weighted by molar-refractivity contribution is 0.0424. The fourth-order valence-corrected chi connectivity index (χ4v) is 4.39. The quantitative estimate of drug-likeness (QED) is 0.292. The zero-order valence-corrected chi connectivity index (χ0v) is 21.0. The maximum absolute atomic E-state index is 13.1. The van der Waals surface area contributed by atoms with Gasteiger partial charge in [-0.1, -0.05) is 23.7 Å². The van der Waals surface area contributed by atoms with Crippen LogP contribution in [0.5, 0.6) is 0 Å². The van der Waals surface area contributed by atoms with Crippen LogP contribution in [-0.2, 0) is 9.47 Å². The molecule has 0 bridgehead atoms. The molecule has 0 saturated carbocycles. The highest BCUT2D eigenvalue weighted by atomic mass is 35.5. The second kappa shape index (κ2) is 15.8. The Hall–Kier alpha value is -2.07. The number of rotatable bonds is 14. The van der Waals surface area contributed by atoms with Crippen molar-refractivity contribution in [2.45, 2.75) is 44.8 Å². The van der Waals surface area contributed by atoms with Crippen LogP contribution in [0.3, 0.4) is 0 Å². The third kappa shape index (κ3) is 10.5. The first-order valence-corrected chi connectivity index (χ1v) is 12.4. The molecule has 1 fully saturated rings. The van der Waals surface area contributed by atoms with E-state index in [9.17, 15) is 9.59 Å². The standard InChI is InChI=1S/C24H39ClN4O5/c1-3-29(23(30)28-21(16-26-2)14-18-6-5-12-33-17-18)11-9-22(34-13-10-27-24(31)32)19-7-4-8-20(25)15-19/h4,7-8,15,18,21-22,26-27H,3,5-6,9-14,16-17H2,1-2H3,(H,28,30)(H,31,32)/t18-,21+,22-/m1/s1. The maximum Gasteiger partial charge on any atom is 0.404 e. The van der Waals surface area contributed by atoms with E-state index in [1.165, 1.54) is 0 Å². The molecular weight excluding hydrogens is 460 g/mol. The SMILES string of the molecule is CCN(CC[C@@H](OCCNC(=O)O)c1cccc(Cl)c1)C(=O)N[C@H](CNC)C[C@H]1CCCOC1. The Balaban J connectivity index is 1.95. The molecule has 1 aromatic carbocycles. The van der Waals surface area contributed by atoms with Gasteiger partial charge in [-0.25, -0.2) is 9.59 Å². The number of carbonyl (C=O) groups excluding carboxylic acids is 1. The van der Waals surface area contributed by atoms with Gasteiger partial charge in [-0.3, -0.25) is 0 Å². The van der Waals surface area contributed by atoms with Crippen LogP contribution in [0.15, 0.2) is 24.3 Å². The van der Waals surface area contributed by atoms with Crippen molar-refractivity contribution in [1.82, 2.24) is 20.9 Å². The average molecular weight is 499 g/mol. The van der Waals surface area contributed by atoms with Crippen molar-refractivity contribution in [2.75, 3.05) is 53.0 Å². The number of amides is 3. The number of hydrogen-bond donors (Lipinski definition) is 4. The predicted molar refractivity (Wildman–Crippen MR) is 132 cm³/mol. The number of likely N-dealkylation sites (N-methyl/N-ethyl adjacent to an activating group) is 1. The smallest absolute Gasteiger partial charge is 0.404 e. The van der Waals surface area contributed by atoms with Gasteiger partial charge in [-0.15, -0.1) is 0 Å². The number of carboxylic acid groups (broad SMARTS) is 1. The van der Waals surface area contributed by atoms with Gasteiger partial charge in [0.2, 0.25) is 0 Å². The zero-order chi connectivity index (χ0) is 24.8. The lowest BCUT2D eigenvalue weighted by atomic mass is 9.94. The third-order valence-electron chi connectivity index (χ3n) is 5.90. The normalized spacial score (nSPS) is 17.6. The van der Waals surface area contributed by atoms with Crippen molar-refractivity contribution in [3.8, 4) is 0 Å². The second-order valence-corrected chi connectivity index (χ2v) is 8.97. The minimum Gasteiger partial charge on any atom is -0.465 e. The van der Waals surface area contributed by atoms with Crippen LogP contribution in [0.2, 0.25) is 5.02 Å². The molecule has 0 aliphatic carbocycles. The Morgan fingerprint density at radius 1 is 1.38 bits per heavy atom. The molecule has 4 N–H and O–H groups in total. The van der Waals surface area contributed by atoms with E-state index in [0.717, 1.165) is 38.0 Å². The average Bonchev–Trinajstić information content (AvgIpc) is 2.81. The van der Waals surface area contributed by atoms with Gasteiger partial charge < -0.3 is 35.4 Å². The molecule has 10 heteroatoms. The first-order chi connectivity index (χ1) is 16.4. The molecule has 34 heavy (non-hydrogen) atoms. The monoisotopic (exact) mass is 498 g/mol. The molecule has 2 rings (SSSR count). The number of nitrogens with zero attached hydrogens (tertiary/aromatic N) is 1. The van der Waals surface area contributed by atoms with E-state index in [0.29, 0.717) is 37.0 Å². The molecule has 9 nitrogen and oxygen atoms in total. The number of ether oxygens (including phenoxy) is 2. The highest BCUT2D eigenvalue weighted by Gasteiger charge is 2.23. The van der Waals surface area contributed by atoms with Crippen molar-refractivity contribution in [2.24, 2.45) is 5.92 Å². The summed E-state index contributed by atoms with van der Waals surface area (Å²) in [4.78, 5) is 25.5. The van der Waals surface area contributed by atoms with Gasteiger partial charge in [0, 0.05) is 50.5 Å². The van der Waals surface area contributed by atoms with Gasteiger partial charge in [0.1, 0.15) is 0 Å². The summed E-state index contributed by atoms with van der Waals surface area (Å²) >= 11 is 6.16. The van der Waals surface area contributed by atoms with E-state index >= 15 is 0 Å². The maximum atomic E-state index is 13.1. The third-order valence-corrected chi connectivity index (χ3v) is 6.13. The summed E-state index contributed by atoms with van der Waals surface area (Å²) in [6.45, 7) is 5.68. The predicted octanol–water partition coefficient (Wildman–Crippen LogP) is 3.49. The van der Waals surface area contributed by atoms with Crippen molar-refractivity contribution in [3.63, 3.8) is 0 Å². The van der Waals surface area contributed by atoms with Gasteiger partial charge in [-0.2, -0.15) is 0 Å². The van der Waals surface area contributed by atoms with Crippen molar-refractivity contribution in [3.05, 3.63) is 34.9 Å². The van der Waals surface area contributed by atoms with E-state index in [-0.39, 0.29) is 31.3 Å². The first-order valence-electron chi connectivity index (χ1n) is 12.0. The van der Waals surface area contributed by atoms with Crippen LogP contribution in [0.4, 0.5) is 9.59 Å². The summed E-state index contributed by atoms with van der Waals surface area (Å²) in [6, 6.07) is 7.33. The van der Waals surface area contributed by atoms with E-state index in [2.05, 4.69) is 16.0 Å². The van der Waals surface area contributed by atoms with Gasteiger partial charge in [0.25, 0.3) is 0 Å². The molecule has 192 valence electrons. The van der Waals surface area contributed by atoms with Gasteiger partial charge >= 0.3 is 12.1 Å². The molecule has 3 amide bonds. The molecule has 0 unspecified atom stereocenters. The van der Waals surface area contributed by atoms with Crippen molar-refractivity contribution >= 4 is 23.7 Å². The molecule has 1 saturated heterocycles. The second-order valence-electron chi connectivity index (χ2n) is 8.54. The summed E-state index contributed by atoms with van der Waals surface area (Å²) in [5.74, 6) is 0.461. The van der Waals surface area contributed by atoms with E-state index < -0.39 is 6.09 Å². The molecule has 1 aliphatic heterocycles. The Morgan fingerprint density at radius 3 is 2.85 bits per heavy atom. The summed E-state index contributed by atoms with van der Waals surface area (Å²) in [7, 11) is 1.89. The topological polar surface area (TPSA) is 112 Å². The summed E-state index contributed by atoms with van der Waals surface area (Å²) < 4.78 is 11.6. The molecular formula is C24H39ClN4O5. The number of urea groups is 1. The number of nitrogens with one attached hydrogen (secondary N) is 3. The highest BCUT2D eigenvalue weighted by Crippen LogP contribution is 2.24. The van der Waals surface area contributed by atoms with Gasteiger partial charge in [-0.05, 0) is 63.3 Å². The first kappa shape index (κ1) is 28.2. The number of hydrogen-bond acceptors (Lipinski definition) is 5. The van der Waals surface area contributed by atoms with Crippen LogP contribution in [0.1, 0.15) is 44.3 Å². The summed E-state index contributed by atoms with van der Waals surface area (Å²) in [6.07, 6.45) is 2.23. The lowest BCUT2D eigenvalue weighted by Crippen LogP contribution is -2.49. The van der Waals surface area contributed by atoms with Crippen LogP contribution in [0.25, 0.3) is 0 Å². The van der Waals surface area contributed by atoms with Gasteiger partial charge in [0.15, 0.2) is 0 Å². The van der Waals surface area contributed by atoms with Crippen LogP contribution in [0, 0.1) is 5.92 Å². The molecule has 0 aromatic heterocycles. The van der Waals surface area contributed by atoms with E-state index in [1.807, 2.05) is 32.2 Å². The number of benzene rings is 1. The molecule has 3 atom stereocenters. The van der Waals surface area contributed by atoms with Crippen LogP contribution >= 0.6 is 11.6 Å². The highest BCUT2D eigenvalue weighted by molar-refractivity contribution is 6.30. The van der Waals surface area contributed by atoms with Gasteiger partial charge in [0.05, 0.1) is 12.7 Å². The molecule has 0 spiro atoms. The van der Waals surface area contributed by atoms with E-state index in [4.69, 9.17) is 26.2 Å². The fourth-order valence-electron chi connectivity index (χ4n) is 4.19. The Labute approximate surface area is 207 Å². The van der Waals surface area contributed by atoms with E-state index in [1.54, 1.807) is 11.0 Å². The Morgan fingerprint density at radius 2 is 2.21 bits per heavy atom. The fraction of sp³-hybridized carbons (Fsp3) is 0.667. The number of carbonyl (C=O) groups is 2. The number of halogens is 1. The lowest BCUT2D eigenvalue weighted by Gasteiger charge is -2.30. The minimum absolute atomic E-state index is 0.0281. The van der Waals surface area contributed by atoms with Crippen molar-refractivity contribution < 1.29 is 24.2 Å². The Kier molecular flexibility index (Phi) is 13.1. The zero-order valence-electron chi connectivity index (χ0n) is 20.2. The summed E-state index contributed by atoms with van der Waals surface area (Å²) in [5.41, 5.74) is 0.893. The Bertz CT molecular complexity index is 748. The van der Waals surface area contributed by atoms with Crippen LogP contribution in [-0.4, -0.2) is 81.2 Å².